The first-order valence-corrected chi connectivity index (χ1v) is 8.23. The monoisotopic (exact) mass is 426 g/mol. The Morgan fingerprint density at radius 3 is 2.32 bits per heavy atom. The Balaban J connectivity index is 2.27. The Hall–Kier alpha value is -1.40. The summed E-state index contributed by atoms with van der Waals surface area (Å²) in [6, 6.07) is 6.75. The molecule has 4 nitrogen and oxygen atoms in total. The molecule has 1 heterocycles. The maximum absolute atomic E-state index is 12.4. The van der Waals surface area contributed by atoms with Gasteiger partial charge in [0.2, 0.25) is 0 Å². The second-order valence-corrected chi connectivity index (χ2v) is 7.63. The number of aromatic nitrogens is 1. The van der Waals surface area contributed by atoms with Crippen molar-refractivity contribution in [3.05, 3.63) is 50.7 Å². The molecule has 0 aliphatic rings. The van der Waals surface area contributed by atoms with Gasteiger partial charge in [0.15, 0.2) is 0 Å². The highest BCUT2D eigenvalue weighted by molar-refractivity contribution is 9.11. The minimum atomic E-state index is -0.225. The number of phenolic OH excluding ortho intramolecular Hbond substituents is 1. The van der Waals surface area contributed by atoms with Gasteiger partial charge < -0.3 is 10.4 Å². The molecule has 0 aliphatic heterocycles. The van der Waals surface area contributed by atoms with E-state index in [1.165, 1.54) is 0 Å². The number of hydrogen-bond acceptors (Lipinski definition) is 3. The molecule has 0 aliphatic carbocycles. The molecule has 0 saturated carbocycles. The van der Waals surface area contributed by atoms with Gasteiger partial charge in [-0.1, -0.05) is 20.8 Å². The molecule has 0 unspecified atom stereocenters. The van der Waals surface area contributed by atoms with Crippen LogP contribution < -0.4 is 5.32 Å². The van der Waals surface area contributed by atoms with Crippen LogP contribution in [-0.2, 0) is 5.41 Å². The number of benzene rings is 1. The second-order valence-electron chi connectivity index (χ2n) is 5.92. The van der Waals surface area contributed by atoms with Crippen molar-refractivity contribution in [3.8, 4) is 5.75 Å². The van der Waals surface area contributed by atoms with E-state index >= 15 is 0 Å². The highest BCUT2D eigenvalue weighted by Gasteiger charge is 2.17. The smallest absolute Gasteiger partial charge is 0.255 e. The molecule has 0 spiro atoms. The van der Waals surface area contributed by atoms with Crippen LogP contribution in [0.4, 0.5) is 5.69 Å². The Morgan fingerprint density at radius 1 is 1.18 bits per heavy atom. The zero-order valence-corrected chi connectivity index (χ0v) is 15.6. The number of phenols is 1. The molecule has 0 saturated heterocycles. The van der Waals surface area contributed by atoms with Gasteiger partial charge in [-0.3, -0.25) is 9.78 Å². The predicted octanol–water partition coefficient (Wildman–Crippen LogP) is 4.86. The van der Waals surface area contributed by atoms with Crippen LogP contribution in [0.5, 0.6) is 5.75 Å². The highest BCUT2D eigenvalue weighted by Crippen LogP contribution is 2.35. The van der Waals surface area contributed by atoms with E-state index in [0.717, 1.165) is 5.69 Å². The van der Waals surface area contributed by atoms with Crippen LogP contribution in [-0.4, -0.2) is 16.0 Å². The number of nitrogens with zero attached hydrogens (tertiary/aromatic N) is 1. The summed E-state index contributed by atoms with van der Waals surface area (Å²) < 4.78 is 1.00. The molecule has 22 heavy (non-hydrogen) atoms. The number of carbonyl (C=O) groups is 1. The summed E-state index contributed by atoms with van der Waals surface area (Å²) >= 11 is 6.48. The van der Waals surface area contributed by atoms with Gasteiger partial charge in [-0.05, 0) is 56.1 Å². The minimum Gasteiger partial charge on any atom is -0.506 e. The van der Waals surface area contributed by atoms with E-state index in [4.69, 9.17) is 0 Å². The van der Waals surface area contributed by atoms with E-state index in [2.05, 4.69) is 42.2 Å². The summed E-state index contributed by atoms with van der Waals surface area (Å²) in [6.45, 7) is 6.14. The summed E-state index contributed by atoms with van der Waals surface area (Å²) in [5, 5.41) is 12.5. The number of carbonyl (C=O) groups excluding carboxylic acids is 1. The minimum absolute atomic E-state index is 0.0944. The van der Waals surface area contributed by atoms with Gasteiger partial charge in [0.1, 0.15) is 5.75 Å². The zero-order chi connectivity index (χ0) is 16.5. The first kappa shape index (κ1) is 17.0. The number of rotatable bonds is 2. The van der Waals surface area contributed by atoms with Crippen LogP contribution in [0.3, 0.4) is 0 Å². The Kier molecular flexibility index (Phi) is 4.92. The third-order valence-electron chi connectivity index (χ3n) is 3.07. The number of amides is 1. The van der Waals surface area contributed by atoms with Crippen molar-refractivity contribution in [3.63, 3.8) is 0 Å². The standard InChI is InChI=1S/C16H16Br2N2O2/c1-16(2,3)13-6-9(4-5-19-13)15(22)20-10-7-11(17)14(21)12(18)8-10/h4-8,21H,1-3H3,(H,20,22). The number of pyridine rings is 1. The largest absolute Gasteiger partial charge is 0.506 e. The molecule has 2 aromatic rings. The zero-order valence-electron chi connectivity index (χ0n) is 12.4. The molecule has 0 radical (unpaired) electrons. The second kappa shape index (κ2) is 6.38. The maximum Gasteiger partial charge on any atom is 0.255 e. The lowest BCUT2D eigenvalue weighted by Crippen LogP contribution is -2.17. The van der Waals surface area contributed by atoms with Crippen LogP contribution >= 0.6 is 31.9 Å². The Bertz CT molecular complexity index is 701. The van der Waals surface area contributed by atoms with E-state index in [1.54, 1.807) is 30.5 Å². The van der Waals surface area contributed by atoms with E-state index < -0.39 is 0 Å². The first-order chi connectivity index (χ1) is 10.2. The topological polar surface area (TPSA) is 62.2 Å². The van der Waals surface area contributed by atoms with Gasteiger partial charge in [0.25, 0.3) is 5.91 Å². The SMILES string of the molecule is CC(C)(C)c1cc(C(=O)Nc2cc(Br)c(O)c(Br)c2)ccn1. The fraction of sp³-hybridized carbons (Fsp3) is 0.250. The quantitative estimate of drug-likeness (QED) is 0.672. The lowest BCUT2D eigenvalue weighted by Gasteiger charge is -2.18. The third-order valence-corrected chi connectivity index (χ3v) is 4.27. The van der Waals surface area contributed by atoms with Crippen LogP contribution in [0.2, 0.25) is 0 Å². The Morgan fingerprint density at radius 2 is 1.77 bits per heavy atom. The number of halogens is 2. The average molecular weight is 428 g/mol. The van der Waals surface area contributed by atoms with Crippen molar-refractivity contribution >= 4 is 43.5 Å². The summed E-state index contributed by atoms with van der Waals surface area (Å²) in [4.78, 5) is 16.7. The Labute approximate surface area is 146 Å². The summed E-state index contributed by atoms with van der Waals surface area (Å²) in [7, 11) is 0. The fourth-order valence-corrected chi connectivity index (χ4v) is 3.01. The van der Waals surface area contributed by atoms with Gasteiger partial charge >= 0.3 is 0 Å². The van der Waals surface area contributed by atoms with Crippen molar-refractivity contribution < 1.29 is 9.90 Å². The lowest BCUT2D eigenvalue weighted by molar-refractivity contribution is 0.102. The normalized spacial score (nSPS) is 11.3. The fourth-order valence-electron chi connectivity index (χ4n) is 1.82. The van der Waals surface area contributed by atoms with E-state index in [0.29, 0.717) is 20.2 Å². The number of hydrogen-bond donors (Lipinski definition) is 2. The van der Waals surface area contributed by atoms with Crippen molar-refractivity contribution in [1.82, 2.24) is 4.98 Å². The lowest BCUT2D eigenvalue weighted by atomic mass is 9.91. The van der Waals surface area contributed by atoms with Crippen LogP contribution in [0.15, 0.2) is 39.4 Å². The van der Waals surface area contributed by atoms with Gasteiger partial charge in [-0.25, -0.2) is 0 Å². The molecule has 1 aromatic carbocycles. The van der Waals surface area contributed by atoms with Crippen molar-refractivity contribution in [1.29, 1.82) is 0 Å². The molecule has 1 amide bonds. The molecular formula is C16H16Br2N2O2. The molecule has 0 fully saturated rings. The molecular weight excluding hydrogens is 412 g/mol. The molecule has 2 N–H and O–H groups in total. The van der Waals surface area contributed by atoms with Crippen molar-refractivity contribution in [2.75, 3.05) is 5.32 Å². The molecule has 0 bridgehead atoms. The van der Waals surface area contributed by atoms with Gasteiger partial charge in [0, 0.05) is 28.6 Å². The van der Waals surface area contributed by atoms with Crippen LogP contribution in [0, 0.1) is 0 Å². The molecule has 2 rings (SSSR count). The predicted molar refractivity (Wildman–Crippen MR) is 94.4 cm³/mol. The van der Waals surface area contributed by atoms with Gasteiger partial charge in [-0.2, -0.15) is 0 Å². The number of aromatic hydroxyl groups is 1. The van der Waals surface area contributed by atoms with E-state index in [9.17, 15) is 9.90 Å². The maximum atomic E-state index is 12.4. The summed E-state index contributed by atoms with van der Waals surface area (Å²) in [6.07, 6.45) is 1.64. The van der Waals surface area contributed by atoms with Crippen molar-refractivity contribution in [2.24, 2.45) is 0 Å². The van der Waals surface area contributed by atoms with Crippen LogP contribution in [0.25, 0.3) is 0 Å². The van der Waals surface area contributed by atoms with Gasteiger partial charge in [0.05, 0.1) is 8.95 Å². The van der Waals surface area contributed by atoms with Crippen LogP contribution in [0.1, 0.15) is 36.8 Å². The molecule has 0 atom stereocenters. The molecule has 1 aromatic heterocycles. The summed E-state index contributed by atoms with van der Waals surface area (Å²) in [5.41, 5.74) is 1.85. The highest BCUT2D eigenvalue weighted by atomic mass is 79.9. The first-order valence-electron chi connectivity index (χ1n) is 6.64. The summed E-state index contributed by atoms with van der Waals surface area (Å²) in [5.74, 6) is -0.130. The average Bonchev–Trinajstić information content (AvgIpc) is 2.44. The van der Waals surface area contributed by atoms with E-state index in [-0.39, 0.29) is 17.1 Å². The number of nitrogens with one attached hydrogen (secondary N) is 1. The third kappa shape index (κ3) is 3.87. The molecule has 6 heteroatoms. The van der Waals surface area contributed by atoms with E-state index in [1.807, 2.05) is 20.8 Å². The number of anilines is 1. The van der Waals surface area contributed by atoms with Gasteiger partial charge in [-0.15, -0.1) is 0 Å². The van der Waals surface area contributed by atoms with Crippen molar-refractivity contribution in [2.45, 2.75) is 26.2 Å². The molecule has 116 valence electrons.